The van der Waals surface area contributed by atoms with Gasteiger partial charge in [-0.3, -0.25) is 9.59 Å². The third-order valence-corrected chi connectivity index (χ3v) is 6.26. The van der Waals surface area contributed by atoms with Gasteiger partial charge in [-0.05, 0) is 42.8 Å². The van der Waals surface area contributed by atoms with Gasteiger partial charge in [-0.1, -0.05) is 22.9 Å². The van der Waals surface area contributed by atoms with Crippen molar-refractivity contribution in [1.29, 1.82) is 0 Å². The number of benzene rings is 1. The monoisotopic (exact) mass is 443 g/mol. The van der Waals surface area contributed by atoms with Gasteiger partial charge in [-0.2, -0.15) is 0 Å². The Labute approximate surface area is 183 Å². The fourth-order valence-corrected chi connectivity index (χ4v) is 4.47. The molecule has 2 amide bonds. The number of aromatic nitrogens is 2. The first-order valence-corrected chi connectivity index (χ1v) is 11.1. The van der Waals surface area contributed by atoms with Crippen molar-refractivity contribution < 1.29 is 9.59 Å². The van der Waals surface area contributed by atoms with Crippen molar-refractivity contribution in [2.45, 2.75) is 19.3 Å². The van der Waals surface area contributed by atoms with Crippen LogP contribution < -0.4 is 10.2 Å². The summed E-state index contributed by atoms with van der Waals surface area (Å²) >= 11 is 7.43. The molecule has 1 fully saturated rings. The molecule has 30 heavy (non-hydrogen) atoms. The van der Waals surface area contributed by atoms with E-state index in [2.05, 4.69) is 20.2 Å². The van der Waals surface area contributed by atoms with Crippen molar-refractivity contribution in [1.82, 2.24) is 14.9 Å². The quantitative estimate of drug-likeness (QED) is 0.648. The maximum absolute atomic E-state index is 12.6. The summed E-state index contributed by atoms with van der Waals surface area (Å²) in [5.41, 5.74) is 1.58. The van der Waals surface area contributed by atoms with Crippen LogP contribution in [-0.2, 0) is 9.59 Å². The maximum atomic E-state index is 12.6. The largest absolute Gasteiger partial charge is 0.346 e. The Morgan fingerprint density at radius 1 is 1.07 bits per heavy atom. The average molecular weight is 444 g/mol. The molecule has 7 nitrogen and oxygen atoms in total. The summed E-state index contributed by atoms with van der Waals surface area (Å²) in [6.07, 6.45) is 3.00. The molecule has 9 heteroatoms. The molecule has 0 spiro atoms. The van der Waals surface area contributed by atoms with Crippen LogP contribution >= 0.6 is 22.9 Å². The first-order valence-electron chi connectivity index (χ1n) is 9.88. The van der Waals surface area contributed by atoms with Crippen LogP contribution in [0.4, 0.5) is 10.8 Å². The lowest BCUT2D eigenvalue weighted by Gasteiger charge is -2.21. The van der Waals surface area contributed by atoms with Gasteiger partial charge in [0, 0.05) is 55.9 Å². The summed E-state index contributed by atoms with van der Waals surface area (Å²) in [7, 11) is 0. The SMILES string of the molecule is O=C(CCC(=O)N1CCCN(c2nc3cccnc3s2)CC1)Nc1ccc(Cl)cc1. The molecule has 0 atom stereocenters. The number of pyridine rings is 1. The van der Waals surface area contributed by atoms with E-state index in [0.717, 1.165) is 35.0 Å². The van der Waals surface area contributed by atoms with Gasteiger partial charge < -0.3 is 15.1 Å². The molecule has 0 radical (unpaired) electrons. The molecule has 1 N–H and O–H groups in total. The Morgan fingerprint density at radius 3 is 2.70 bits per heavy atom. The van der Waals surface area contributed by atoms with E-state index >= 15 is 0 Å². The second-order valence-corrected chi connectivity index (χ2v) is 8.49. The van der Waals surface area contributed by atoms with Crippen molar-refractivity contribution in [3.63, 3.8) is 0 Å². The van der Waals surface area contributed by atoms with Crippen LogP contribution in [0.2, 0.25) is 5.02 Å². The van der Waals surface area contributed by atoms with Crippen molar-refractivity contribution >= 4 is 55.9 Å². The second kappa shape index (κ2) is 9.40. The molecule has 2 aromatic heterocycles. The predicted molar refractivity (Wildman–Crippen MR) is 120 cm³/mol. The topological polar surface area (TPSA) is 78.4 Å². The Kier molecular flexibility index (Phi) is 6.44. The standard InChI is InChI=1S/C21H22ClN5O2S/c22-15-4-6-16(7-5-15)24-18(28)8-9-19(29)26-11-2-12-27(14-13-26)21-25-17-3-1-10-23-20(17)30-21/h1,3-7,10H,2,8-9,11-14H2,(H,24,28). The van der Waals surface area contributed by atoms with E-state index in [1.54, 1.807) is 41.8 Å². The van der Waals surface area contributed by atoms with E-state index < -0.39 is 0 Å². The molecule has 0 saturated carbocycles. The number of carbonyl (C=O) groups is 2. The molecule has 1 saturated heterocycles. The highest BCUT2D eigenvalue weighted by Crippen LogP contribution is 2.27. The molecule has 4 rings (SSSR count). The Bertz CT molecular complexity index is 1010. The average Bonchev–Trinajstić information content (AvgIpc) is 3.03. The predicted octanol–water partition coefficient (Wildman–Crippen LogP) is 3.80. The van der Waals surface area contributed by atoms with Crippen molar-refractivity contribution in [2.24, 2.45) is 0 Å². The minimum Gasteiger partial charge on any atom is -0.346 e. The Morgan fingerprint density at radius 2 is 1.90 bits per heavy atom. The number of rotatable bonds is 5. The molecular formula is C21H22ClN5O2S. The van der Waals surface area contributed by atoms with Crippen LogP contribution in [0.1, 0.15) is 19.3 Å². The smallest absolute Gasteiger partial charge is 0.224 e. The zero-order chi connectivity index (χ0) is 20.9. The molecular weight excluding hydrogens is 422 g/mol. The Hall–Kier alpha value is -2.71. The third kappa shape index (κ3) is 5.06. The summed E-state index contributed by atoms with van der Waals surface area (Å²) in [6.45, 7) is 2.89. The van der Waals surface area contributed by atoms with Gasteiger partial charge in [0.2, 0.25) is 11.8 Å². The lowest BCUT2D eigenvalue weighted by Crippen LogP contribution is -2.35. The molecule has 1 aliphatic heterocycles. The zero-order valence-electron chi connectivity index (χ0n) is 16.4. The number of anilines is 2. The van der Waals surface area contributed by atoms with Gasteiger partial charge in [0.15, 0.2) is 5.13 Å². The van der Waals surface area contributed by atoms with Crippen LogP contribution in [0.5, 0.6) is 0 Å². The molecule has 0 unspecified atom stereocenters. The van der Waals surface area contributed by atoms with Gasteiger partial charge in [-0.25, -0.2) is 9.97 Å². The lowest BCUT2D eigenvalue weighted by atomic mass is 10.2. The van der Waals surface area contributed by atoms with E-state index in [4.69, 9.17) is 11.6 Å². The van der Waals surface area contributed by atoms with Crippen LogP contribution in [0.3, 0.4) is 0 Å². The third-order valence-electron chi connectivity index (χ3n) is 4.97. The van der Waals surface area contributed by atoms with Crippen molar-refractivity contribution in [2.75, 3.05) is 36.4 Å². The number of fused-ring (bicyclic) bond motifs is 1. The van der Waals surface area contributed by atoms with Crippen LogP contribution in [-0.4, -0.2) is 52.9 Å². The van der Waals surface area contributed by atoms with Gasteiger partial charge >= 0.3 is 0 Å². The van der Waals surface area contributed by atoms with Crippen molar-refractivity contribution in [3.05, 3.63) is 47.6 Å². The van der Waals surface area contributed by atoms with Gasteiger partial charge in [-0.15, -0.1) is 0 Å². The number of amides is 2. The van der Waals surface area contributed by atoms with Gasteiger partial charge in [0.05, 0.1) is 0 Å². The summed E-state index contributed by atoms with van der Waals surface area (Å²) in [5.74, 6) is -0.168. The number of nitrogens with zero attached hydrogens (tertiary/aromatic N) is 4. The van der Waals surface area contributed by atoms with Gasteiger partial charge in [0.25, 0.3) is 0 Å². The van der Waals surface area contributed by atoms with Crippen molar-refractivity contribution in [3.8, 4) is 0 Å². The summed E-state index contributed by atoms with van der Waals surface area (Å²) in [6, 6.07) is 10.8. The van der Waals surface area contributed by atoms with E-state index in [1.165, 1.54) is 0 Å². The highest BCUT2D eigenvalue weighted by atomic mass is 35.5. The normalized spacial score (nSPS) is 14.6. The van der Waals surface area contributed by atoms with Gasteiger partial charge in [0.1, 0.15) is 10.3 Å². The minimum absolute atomic E-state index is 0.00840. The minimum atomic E-state index is -0.177. The Balaban J connectivity index is 1.27. The maximum Gasteiger partial charge on any atom is 0.224 e. The fraction of sp³-hybridized carbons (Fsp3) is 0.333. The molecule has 0 bridgehead atoms. The summed E-state index contributed by atoms with van der Waals surface area (Å²) in [5, 5.41) is 4.35. The molecule has 156 valence electrons. The first-order chi connectivity index (χ1) is 14.6. The lowest BCUT2D eigenvalue weighted by molar-refractivity contribution is -0.132. The summed E-state index contributed by atoms with van der Waals surface area (Å²) < 4.78 is 0. The molecule has 1 aliphatic rings. The van der Waals surface area contributed by atoms with E-state index in [0.29, 0.717) is 23.8 Å². The number of hydrogen-bond donors (Lipinski definition) is 1. The molecule has 3 heterocycles. The van der Waals surface area contributed by atoms with E-state index in [-0.39, 0.29) is 24.7 Å². The second-order valence-electron chi connectivity index (χ2n) is 7.10. The highest BCUT2D eigenvalue weighted by molar-refractivity contribution is 7.21. The van der Waals surface area contributed by atoms with Crippen LogP contribution in [0, 0.1) is 0 Å². The fourth-order valence-electron chi connectivity index (χ4n) is 3.39. The number of carbonyl (C=O) groups excluding carboxylic acids is 2. The van der Waals surface area contributed by atoms with E-state index in [9.17, 15) is 9.59 Å². The van der Waals surface area contributed by atoms with Crippen LogP contribution in [0.25, 0.3) is 10.3 Å². The first kappa shape index (κ1) is 20.6. The number of hydrogen-bond acceptors (Lipinski definition) is 6. The van der Waals surface area contributed by atoms with Crippen LogP contribution in [0.15, 0.2) is 42.6 Å². The number of nitrogens with one attached hydrogen (secondary N) is 1. The number of thiazole rings is 1. The summed E-state index contributed by atoms with van der Waals surface area (Å²) in [4.78, 5) is 38.8. The number of halogens is 1. The molecule has 3 aromatic rings. The zero-order valence-corrected chi connectivity index (χ0v) is 18.0. The molecule has 0 aliphatic carbocycles. The highest BCUT2D eigenvalue weighted by Gasteiger charge is 2.21. The molecule has 1 aromatic carbocycles. The van der Waals surface area contributed by atoms with E-state index in [1.807, 2.05) is 17.0 Å².